The van der Waals surface area contributed by atoms with E-state index in [-0.39, 0.29) is 11.9 Å². The summed E-state index contributed by atoms with van der Waals surface area (Å²) >= 11 is 0. The van der Waals surface area contributed by atoms with Crippen molar-refractivity contribution in [1.29, 1.82) is 0 Å². The van der Waals surface area contributed by atoms with Crippen LogP contribution in [0.4, 0.5) is 5.82 Å². The molecule has 1 amide bonds. The van der Waals surface area contributed by atoms with Gasteiger partial charge >= 0.3 is 0 Å². The molecule has 0 radical (unpaired) electrons. The fourth-order valence-corrected chi connectivity index (χ4v) is 2.39. The van der Waals surface area contributed by atoms with Crippen LogP contribution in [0.2, 0.25) is 0 Å². The minimum Gasteiger partial charge on any atom is -0.370 e. The van der Waals surface area contributed by atoms with E-state index in [4.69, 9.17) is 0 Å². The quantitative estimate of drug-likeness (QED) is 0.857. The summed E-state index contributed by atoms with van der Waals surface area (Å²) in [6.45, 7) is 6.68. The summed E-state index contributed by atoms with van der Waals surface area (Å²) < 4.78 is 0. The number of nitrogens with one attached hydrogen (secondary N) is 2. The number of hydrogen-bond donors (Lipinski definition) is 2. The molecule has 1 unspecified atom stereocenters. The van der Waals surface area contributed by atoms with Gasteiger partial charge in [0.1, 0.15) is 5.82 Å². The van der Waals surface area contributed by atoms with Crippen LogP contribution < -0.4 is 10.6 Å². The summed E-state index contributed by atoms with van der Waals surface area (Å²) in [6, 6.07) is 3.90. The Labute approximate surface area is 114 Å². The highest BCUT2D eigenvalue weighted by Crippen LogP contribution is 2.12. The first-order valence-electron chi connectivity index (χ1n) is 6.80. The number of likely N-dealkylation sites (tertiary alicyclic amines) is 1. The monoisotopic (exact) mass is 262 g/mol. The van der Waals surface area contributed by atoms with Crippen LogP contribution in [0.3, 0.4) is 0 Å². The molecule has 0 saturated carbocycles. The maximum Gasteiger partial charge on any atom is 0.251 e. The number of aryl methyl sites for hydroxylation is 1. The number of carbonyl (C=O) groups is 1. The normalized spacial score (nSPS) is 19.4. The van der Waals surface area contributed by atoms with Crippen LogP contribution in [0, 0.1) is 6.92 Å². The zero-order valence-electron chi connectivity index (χ0n) is 11.9. The third-order valence-corrected chi connectivity index (χ3v) is 3.30. The third kappa shape index (κ3) is 3.67. The van der Waals surface area contributed by atoms with Gasteiger partial charge in [0.25, 0.3) is 5.91 Å². The van der Waals surface area contributed by atoms with Crippen molar-refractivity contribution in [2.45, 2.75) is 26.3 Å². The minimum absolute atomic E-state index is 0.00930. The summed E-state index contributed by atoms with van der Waals surface area (Å²) in [4.78, 5) is 18.8. The van der Waals surface area contributed by atoms with Gasteiger partial charge in [-0.3, -0.25) is 4.79 Å². The Kier molecular flexibility index (Phi) is 4.37. The van der Waals surface area contributed by atoms with Crippen LogP contribution in [0.5, 0.6) is 0 Å². The van der Waals surface area contributed by atoms with Gasteiger partial charge in [-0.1, -0.05) is 0 Å². The van der Waals surface area contributed by atoms with Crippen LogP contribution in [-0.4, -0.2) is 48.5 Å². The van der Waals surface area contributed by atoms with E-state index in [9.17, 15) is 4.79 Å². The second kappa shape index (κ2) is 6.02. The van der Waals surface area contributed by atoms with E-state index in [0.29, 0.717) is 5.56 Å². The first kappa shape index (κ1) is 13.8. The van der Waals surface area contributed by atoms with E-state index in [1.807, 2.05) is 26.0 Å². The van der Waals surface area contributed by atoms with Gasteiger partial charge in [0.15, 0.2) is 0 Å². The molecule has 0 aliphatic carbocycles. The van der Waals surface area contributed by atoms with Crippen LogP contribution >= 0.6 is 0 Å². The summed E-state index contributed by atoms with van der Waals surface area (Å²) in [5.74, 6) is 0.751. The Morgan fingerprint density at radius 2 is 2.32 bits per heavy atom. The highest BCUT2D eigenvalue weighted by atomic mass is 16.1. The molecule has 0 spiro atoms. The number of hydrogen-bond acceptors (Lipinski definition) is 4. The van der Waals surface area contributed by atoms with Gasteiger partial charge in [0, 0.05) is 30.4 Å². The van der Waals surface area contributed by atoms with Gasteiger partial charge in [0.2, 0.25) is 0 Å². The summed E-state index contributed by atoms with van der Waals surface area (Å²) in [6.07, 6.45) is 1.02. The molecule has 1 aromatic rings. The molecule has 0 aromatic carbocycles. The van der Waals surface area contributed by atoms with Crippen molar-refractivity contribution in [3.05, 3.63) is 23.4 Å². The number of pyridine rings is 1. The molecule has 1 aliphatic rings. The molecular formula is C14H22N4O. The fraction of sp³-hybridized carbons (Fsp3) is 0.571. The second-order valence-electron chi connectivity index (χ2n) is 5.13. The zero-order valence-corrected chi connectivity index (χ0v) is 11.9. The third-order valence-electron chi connectivity index (χ3n) is 3.30. The molecule has 0 bridgehead atoms. The Balaban J connectivity index is 2.05. The molecule has 1 fully saturated rings. The van der Waals surface area contributed by atoms with Gasteiger partial charge in [-0.05, 0) is 46.0 Å². The van der Waals surface area contributed by atoms with Crippen molar-refractivity contribution in [3.8, 4) is 0 Å². The van der Waals surface area contributed by atoms with Gasteiger partial charge in [-0.25, -0.2) is 4.98 Å². The molecule has 5 nitrogen and oxygen atoms in total. The fourth-order valence-electron chi connectivity index (χ4n) is 2.39. The standard InChI is InChI=1S/C14H22N4O/c1-4-15-13-8-11(7-10(2)16-13)14(19)17-12-5-6-18(3)9-12/h7-8,12H,4-6,9H2,1-3H3,(H,15,16)(H,17,19). The van der Waals surface area contributed by atoms with E-state index in [2.05, 4.69) is 27.6 Å². The lowest BCUT2D eigenvalue weighted by molar-refractivity contribution is 0.0938. The lowest BCUT2D eigenvalue weighted by Crippen LogP contribution is -2.36. The van der Waals surface area contributed by atoms with Crippen LogP contribution in [0.25, 0.3) is 0 Å². The lowest BCUT2D eigenvalue weighted by Gasteiger charge is -2.14. The van der Waals surface area contributed by atoms with Gasteiger partial charge < -0.3 is 15.5 Å². The first-order chi connectivity index (χ1) is 9.08. The SMILES string of the molecule is CCNc1cc(C(=O)NC2CCN(C)C2)cc(C)n1. The van der Waals surface area contributed by atoms with Gasteiger partial charge in [-0.2, -0.15) is 0 Å². The van der Waals surface area contributed by atoms with Crippen LogP contribution in [-0.2, 0) is 0 Å². The highest BCUT2D eigenvalue weighted by Gasteiger charge is 2.21. The van der Waals surface area contributed by atoms with E-state index < -0.39 is 0 Å². The first-order valence-corrected chi connectivity index (χ1v) is 6.80. The number of aromatic nitrogens is 1. The Morgan fingerprint density at radius 1 is 1.53 bits per heavy atom. The maximum absolute atomic E-state index is 12.2. The zero-order chi connectivity index (χ0) is 13.8. The lowest BCUT2D eigenvalue weighted by atomic mass is 10.2. The molecule has 104 valence electrons. The second-order valence-corrected chi connectivity index (χ2v) is 5.13. The molecule has 1 atom stereocenters. The molecule has 1 aromatic heterocycles. The number of carbonyl (C=O) groups excluding carboxylic acids is 1. The number of anilines is 1. The van der Waals surface area contributed by atoms with E-state index >= 15 is 0 Å². The highest BCUT2D eigenvalue weighted by molar-refractivity contribution is 5.95. The van der Waals surface area contributed by atoms with Crippen molar-refractivity contribution in [2.75, 3.05) is 32.0 Å². The average molecular weight is 262 g/mol. The van der Waals surface area contributed by atoms with Crippen LogP contribution in [0.15, 0.2) is 12.1 Å². The molecule has 2 heterocycles. The Morgan fingerprint density at radius 3 is 2.95 bits per heavy atom. The number of rotatable bonds is 4. The Bertz CT molecular complexity index is 461. The van der Waals surface area contributed by atoms with E-state index in [0.717, 1.165) is 37.6 Å². The molecule has 5 heteroatoms. The molecule has 2 rings (SSSR count). The molecular weight excluding hydrogens is 240 g/mol. The van der Waals surface area contributed by atoms with Gasteiger partial charge in [-0.15, -0.1) is 0 Å². The van der Waals surface area contributed by atoms with Crippen molar-refractivity contribution < 1.29 is 4.79 Å². The molecule has 19 heavy (non-hydrogen) atoms. The largest absolute Gasteiger partial charge is 0.370 e. The number of nitrogens with zero attached hydrogens (tertiary/aromatic N) is 2. The van der Waals surface area contributed by atoms with Crippen molar-refractivity contribution in [2.24, 2.45) is 0 Å². The minimum atomic E-state index is -0.00930. The van der Waals surface area contributed by atoms with E-state index in [1.54, 1.807) is 0 Å². The number of likely N-dealkylation sites (N-methyl/N-ethyl adjacent to an activating group) is 1. The molecule has 1 aliphatic heterocycles. The average Bonchev–Trinajstić information content (AvgIpc) is 2.74. The van der Waals surface area contributed by atoms with Crippen molar-refractivity contribution in [3.63, 3.8) is 0 Å². The predicted molar refractivity (Wildman–Crippen MR) is 76.5 cm³/mol. The summed E-state index contributed by atoms with van der Waals surface area (Å²) in [5.41, 5.74) is 1.53. The smallest absolute Gasteiger partial charge is 0.251 e. The summed E-state index contributed by atoms with van der Waals surface area (Å²) in [7, 11) is 2.08. The summed E-state index contributed by atoms with van der Waals surface area (Å²) in [5, 5.41) is 6.23. The van der Waals surface area contributed by atoms with Gasteiger partial charge in [0.05, 0.1) is 0 Å². The van der Waals surface area contributed by atoms with Crippen molar-refractivity contribution >= 4 is 11.7 Å². The molecule has 1 saturated heterocycles. The van der Waals surface area contributed by atoms with Crippen LogP contribution in [0.1, 0.15) is 29.4 Å². The van der Waals surface area contributed by atoms with E-state index in [1.165, 1.54) is 0 Å². The predicted octanol–water partition coefficient (Wildman–Crippen LogP) is 1.26. The maximum atomic E-state index is 12.2. The van der Waals surface area contributed by atoms with Crippen molar-refractivity contribution in [1.82, 2.24) is 15.2 Å². The molecule has 2 N–H and O–H groups in total. The topological polar surface area (TPSA) is 57.3 Å². The number of amides is 1. The Hall–Kier alpha value is -1.62.